The SMILES string of the molecule is CC(C)Cn1ncc(NCc2cn[nH]c2N)c(Br)c1=O. The first-order chi connectivity index (χ1) is 9.49. The smallest absolute Gasteiger partial charge is 0.283 e. The maximum Gasteiger partial charge on any atom is 0.283 e. The minimum atomic E-state index is -0.149. The minimum Gasteiger partial charge on any atom is -0.384 e. The first-order valence-corrected chi connectivity index (χ1v) is 7.05. The maximum atomic E-state index is 12.1. The van der Waals surface area contributed by atoms with Gasteiger partial charge < -0.3 is 11.1 Å². The van der Waals surface area contributed by atoms with E-state index in [1.54, 1.807) is 12.4 Å². The number of nitrogens with two attached hydrogens (primary N) is 1. The lowest BCUT2D eigenvalue weighted by molar-refractivity contribution is 0.462. The van der Waals surface area contributed by atoms with Gasteiger partial charge in [0.2, 0.25) is 0 Å². The summed E-state index contributed by atoms with van der Waals surface area (Å²) >= 11 is 3.31. The first kappa shape index (κ1) is 14.6. The van der Waals surface area contributed by atoms with Crippen LogP contribution < -0.4 is 16.6 Å². The van der Waals surface area contributed by atoms with Gasteiger partial charge in [0.15, 0.2) is 0 Å². The maximum absolute atomic E-state index is 12.1. The van der Waals surface area contributed by atoms with E-state index in [9.17, 15) is 4.79 Å². The van der Waals surface area contributed by atoms with Gasteiger partial charge >= 0.3 is 0 Å². The molecule has 0 saturated heterocycles. The fourth-order valence-electron chi connectivity index (χ4n) is 1.72. The fraction of sp³-hybridized carbons (Fsp3) is 0.417. The molecule has 20 heavy (non-hydrogen) atoms. The molecular formula is C12H17BrN6O. The quantitative estimate of drug-likeness (QED) is 0.766. The summed E-state index contributed by atoms with van der Waals surface area (Å²) in [6.07, 6.45) is 3.27. The number of hydrogen-bond donors (Lipinski definition) is 3. The Labute approximate surface area is 124 Å². The van der Waals surface area contributed by atoms with Crippen molar-refractivity contribution in [3.05, 3.63) is 32.8 Å². The Hall–Kier alpha value is -1.83. The molecule has 0 aliphatic rings. The Balaban J connectivity index is 2.15. The molecule has 0 atom stereocenters. The van der Waals surface area contributed by atoms with Crippen LogP contribution >= 0.6 is 15.9 Å². The summed E-state index contributed by atoms with van der Waals surface area (Å²) < 4.78 is 1.92. The van der Waals surface area contributed by atoms with Crippen LogP contribution in [0.1, 0.15) is 19.4 Å². The van der Waals surface area contributed by atoms with Gasteiger partial charge in [-0.25, -0.2) is 4.68 Å². The van der Waals surface area contributed by atoms with Gasteiger partial charge in [-0.05, 0) is 21.8 Å². The van der Waals surface area contributed by atoms with Crippen molar-refractivity contribution in [1.82, 2.24) is 20.0 Å². The summed E-state index contributed by atoms with van der Waals surface area (Å²) in [7, 11) is 0. The molecule has 0 bridgehead atoms. The van der Waals surface area contributed by atoms with Crippen molar-refractivity contribution in [1.29, 1.82) is 0 Å². The lowest BCUT2D eigenvalue weighted by atomic mass is 10.2. The number of nitrogens with one attached hydrogen (secondary N) is 2. The topological polar surface area (TPSA) is 102 Å². The second-order valence-corrected chi connectivity index (χ2v) is 5.71. The Morgan fingerprint density at radius 2 is 2.25 bits per heavy atom. The third-order valence-electron chi connectivity index (χ3n) is 2.74. The van der Waals surface area contributed by atoms with E-state index >= 15 is 0 Å². The minimum absolute atomic E-state index is 0.149. The molecular weight excluding hydrogens is 324 g/mol. The molecule has 2 heterocycles. The van der Waals surface area contributed by atoms with E-state index in [0.717, 1.165) is 5.56 Å². The van der Waals surface area contributed by atoms with Gasteiger partial charge in [0, 0.05) is 18.7 Å². The summed E-state index contributed by atoms with van der Waals surface area (Å²) in [4.78, 5) is 12.1. The highest BCUT2D eigenvalue weighted by molar-refractivity contribution is 9.10. The molecule has 0 aromatic carbocycles. The zero-order chi connectivity index (χ0) is 14.7. The lowest BCUT2D eigenvalue weighted by Gasteiger charge is -2.11. The van der Waals surface area contributed by atoms with E-state index in [1.165, 1.54) is 4.68 Å². The molecule has 0 radical (unpaired) electrons. The van der Waals surface area contributed by atoms with Crippen molar-refractivity contribution in [2.75, 3.05) is 11.1 Å². The van der Waals surface area contributed by atoms with E-state index < -0.39 is 0 Å². The van der Waals surface area contributed by atoms with Crippen LogP contribution in [0.25, 0.3) is 0 Å². The first-order valence-electron chi connectivity index (χ1n) is 6.26. The van der Waals surface area contributed by atoms with Crippen LogP contribution in [0.15, 0.2) is 21.7 Å². The molecule has 0 fully saturated rings. The molecule has 0 amide bonds. The summed E-state index contributed by atoms with van der Waals surface area (Å²) in [5.74, 6) is 0.867. The van der Waals surface area contributed by atoms with Gasteiger partial charge in [0.25, 0.3) is 5.56 Å². The molecule has 2 aromatic rings. The monoisotopic (exact) mass is 340 g/mol. The summed E-state index contributed by atoms with van der Waals surface area (Å²) in [6, 6.07) is 0. The molecule has 0 saturated carbocycles. The zero-order valence-corrected chi connectivity index (χ0v) is 12.9. The van der Waals surface area contributed by atoms with E-state index in [4.69, 9.17) is 5.73 Å². The molecule has 2 aromatic heterocycles. The van der Waals surface area contributed by atoms with Crippen molar-refractivity contribution in [3.8, 4) is 0 Å². The number of nitrogen functional groups attached to an aromatic ring is 1. The van der Waals surface area contributed by atoms with E-state index in [1.807, 2.05) is 13.8 Å². The Kier molecular flexibility index (Phi) is 4.43. The second kappa shape index (κ2) is 6.08. The van der Waals surface area contributed by atoms with Crippen molar-refractivity contribution in [2.45, 2.75) is 26.9 Å². The zero-order valence-electron chi connectivity index (χ0n) is 11.4. The molecule has 4 N–H and O–H groups in total. The van der Waals surface area contributed by atoms with Crippen LogP contribution in [-0.2, 0) is 13.1 Å². The molecule has 8 heteroatoms. The molecule has 7 nitrogen and oxygen atoms in total. The summed E-state index contributed by atoms with van der Waals surface area (Å²) in [5, 5.41) is 13.8. The standard InChI is InChI=1S/C12H17BrN6O/c1-7(2)6-19-12(20)10(13)9(5-17-19)15-3-8-4-16-18-11(8)14/h4-5,7,15H,3,6H2,1-2H3,(H3,14,16,18). The average Bonchev–Trinajstić information content (AvgIpc) is 2.79. The van der Waals surface area contributed by atoms with Gasteiger partial charge in [-0.2, -0.15) is 10.2 Å². The van der Waals surface area contributed by atoms with Crippen LogP contribution in [0.5, 0.6) is 0 Å². The molecule has 2 rings (SSSR count). The predicted octanol–water partition coefficient (Wildman–Crippen LogP) is 1.58. The van der Waals surface area contributed by atoms with Crippen molar-refractivity contribution >= 4 is 27.4 Å². The second-order valence-electron chi connectivity index (χ2n) is 4.92. The van der Waals surface area contributed by atoms with E-state index in [0.29, 0.717) is 35.0 Å². The molecule has 0 unspecified atom stereocenters. The molecule has 0 spiro atoms. The van der Waals surface area contributed by atoms with Crippen LogP contribution in [0.3, 0.4) is 0 Å². The number of nitrogens with zero attached hydrogens (tertiary/aromatic N) is 3. The van der Waals surface area contributed by atoms with E-state index in [-0.39, 0.29) is 5.56 Å². The average molecular weight is 341 g/mol. The van der Waals surface area contributed by atoms with Gasteiger partial charge in [0.05, 0.1) is 18.1 Å². The largest absolute Gasteiger partial charge is 0.384 e. The van der Waals surface area contributed by atoms with E-state index in [2.05, 4.69) is 36.5 Å². The Morgan fingerprint density at radius 3 is 2.85 bits per heavy atom. The Bertz CT molecular complexity index is 648. The van der Waals surface area contributed by atoms with Crippen LogP contribution in [0.4, 0.5) is 11.5 Å². The van der Waals surface area contributed by atoms with Gasteiger partial charge in [-0.15, -0.1) is 0 Å². The normalized spacial score (nSPS) is 11.0. The van der Waals surface area contributed by atoms with Crippen LogP contribution in [0.2, 0.25) is 0 Å². The van der Waals surface area contributed by atoms with Crippen LogP contribution in [0, 0.1) is 5.92 Å². The molecule has 0 aliphatic heterocycles. The lowest BCUT2D eigenvalue weighted by Crippen LogP contribution is -2.26. The number of hydrogen-bond acceptors (Lipinski definition) is 5. The highest BCUT2D eigenvalue weighted by Gasteiger charge is 2.10. The van der Waals surface area contributed by atoms with Crippen molar-refractivity contribution in [3.63, 3.8) is 0 Å². The highest BCUT2D eigenvalue weighted by Crippen LogP contribution is 2.18. The summed E-state index contributed by atoms with van der Waals surface area (Å²) in [5.41, 5.74) is 7.02. The van der Waals surface area contributed by atoms with Gasteiger partial charge in [-0.3, -0.25) is 9.89 Å². The Morgan fingerprint density at radius 1 is 1.50 bits per heavy atom. The number of aromatic amines is 1. The number of H-pyrrole nitrogens is 1. The van der Waals surface area contributed by atoms with Crippen molar-refractivity contribution < 1.29 is 0 Å². The highest BCUT2D eigenvalue weighted by atomic mass is 79.9. The van der Waals surface area contributed by atoms with Gasteiger partial charge in [0.1, 0.15) is 10.3 Å². The third kappa shape index (κ3) is 3.19. The predicted molar refractivity (Wildman–Crippen MR) is 81.4 cm³/mol. The van der Waals surface area contributed by atoms with Crippen LogP contribution in [-0.4, -0.2) is 20.0 Å². The number of rotatable bonds is 5. The number of halogens is 1. The summed E-state index contributed by atoms with van der Waals surface area (Å²) in [6.45, 7) is 5.13. The van der Waals surface area contributed by atoms with Gasteiger partial charge in [-0.1, -0.05) is 13.8 Å². The number of anilines is 2. The molecule has 0 aliphatic carbocycles. The third-order valence-corrected chi connectivity index (χ3v) is 3.51. The number of aromatic nitrogens is 4. The molecule has 108 valence electrons. The van der Waals surface area contributed by atoms with Crippen molar-refractivity contribution in [2.24, 2.45) is 5.92 Å². The fourth-order valence-corrected chi connectivity index (χ4v) is 2.16.